The molecule has 1 aromatic carbocycles. The van der Waals surface area contributed by atoms with Crippen LogP contribution < -0.4 is 11.1 Å². The first-order valence-electron chi connectivity index (χ1n) is 7.57. The number of rotatable bonds is 8. The van der Waals surface area contributed by atoms with Gasteiger partial charge >= 0.3 is 0 Å². The van der Waals surface area contributed by atoms with E-state index in [2.05, 4.69) is 31.1 Å². The molecule has 0 radical (unpaired) electrons. The van der Waals surface area contributed by atoms with Crippen molar-refractivity contribution in [2.45, 2.75) is 33.6 Å². The Morgan fingerprint density at radius 2 is 2.10 bits per heavy atom. The number of anilines is 1. The Bertz CT molecular complexity index is 457. The lowest BCUT2D eigenvalue weighted by Gasteiger charge is -2.28. The summed E-state index contributed by atoms with van der Waals surface area (Å²) in [7, 11) is 2.08. The van der Waals surface area contributed by atoms with Crippen LogP contribution in [0, 0.1) is 12.3 Å². The number of carbonyl (C=O) groups excluding carboxylic acids is 1. The van der Waals surface area contributed by atoms with Crippen LogP contribution in [-0.4, -0.2) is 37.5 Å². The summed E-state index contributed by atoms with van der Waals surface area (Å²) < 4.78 is 0. The maximum atomic E-state index is 11.9. The summed E-state index contributed by atoms with van der Waals surface area (Å²) in [6, 6.07) is 7.87. The minimum absolute atomic E-state index is 0.0760. The van der Waals surface area contributed by atoms with Gasteiger partial charge in [0, 0.05) is 18.7 Å². The molecule has 0 spiro atoms. The van der Waals surface area contributed by atoms with E-state index >= 15 is 0 Å². The lowest BCUT2D eigenvalue weighted by atomic mass is 9.93. The summed E-state index contributed by atoms with van der Waals surface area (Å²) in [5.74, 6) is 0.0760. The first kappa shape index (κ1) is 17.7. The lowest BCUT2D eigenvalue weighted by Crippen LogP contribution is -2.37. The standard InChI is InChI=1S/C17H29N3O/c1-14-7-5-8-15(11-14)19-16(21)9-6-10-20(4)13-17(2,3)12-18/h5,7-8,11H,6,9-10,12-13,18H2,1-4H3,(H,19,21). The highest BCUT2D eigenvalue weighted by Crippen LogP contribution is 2.14. The Hall–Kier alpha value is -1.39. The Labute approximate surface area is 128 Å². The normalized spacial score (nSPS) is 11.7. The van der Waals surface area contributed by atoms with E-state index in [-0.39, 0.29) is 11.3 Å². The van der Waals surface area contributed by atoms with Crippen molar-refractivity contribution in [3.63, 3.8) is 0 Å². The third-order valence-corrected chi connectivity index (χ3v) is 3.50. The van der Waals surface area contributed by atoms with E-state index in [1.54, 1.807) is 0 Å². The van der Waals surface area contributed by atoms with E-state index in [1.165, 1.54) is 0 Å². The van der Waals surface area contributed by atoms with Crippen molar-refractivity contribution >= 4 is 11.6 Å². The van der Waals surface area contributed by atoms with Crippen molar-refractivity contribution in [1.82, 2.24) is 4.90 Å². The highest BCUT2D eigenvalue weighted by atomic mass is 16.1. The molecule has 0 atom stereocenters. The molecule has 3 N–H and O–H groups in total. The largest absolute Gasteiger partial charge is 0.330 e. The Kier molecular flexibility index (Phi) is 6.85. The van der Waals surface area contributed by atoms with Crippen molar-refractivity contribution < 1.29 is 4.79 Å². The second kappa shape index (κ2) is 8.15. The zero-order valence-electron chi connectivity index (χ0n) is 13.8. The Balaban J connectivity index is 2.27. The molecule has 1 rings (SSSR count). The van der Waals surface area contributed by atoms with E-state index in [9.17, 15) is 4.79 Å². The van der Waals surface area contributed by atoms with E-state index < -0.39 is 0 Å². The average molecular weight is 291 g/mol. The van der Waals surface area contributed by atoms with Crippen LogP contribution in [0.4, 0.5) is 5.69 Å². The molecule has 0 heterocycles. The van der Waals surface area contributed by atoms with Gasteiger partial charge in [0.25, 0.3) is 0 Å². The molecule has 4 heteroatoms. The number of aryl methyl sites for hydroxylation is 1. The predicted molar refractivity (Wildman–Crippen MR) is 89.4 cm³/mol. The molecular weight excluding hydrogens is 262 g/mol. The maximum Gasteiger partial charge on any atom is 0.224 e. The molecule has 1 aromatic rings. The fraction of sp³-hybridized carbons (Fsp3) is 0.588. The molecular formula is C17H29N3O. The summed E-state index contributed by atoms with van der Waals surface area (Å²) >= 11 is 0. The summed E-state index contributed by atoms with van der Waals surface area (Å²) in [4.78, 5) is 14.1. The van der Waals surface area contributed by atoms with Crippen LogP contribution in [-0.2, 0) is 4.79 Å². The highest BCUT2D eigenvalue weighted by molar-refractivity contribution is 5.90. The van der Waals surface area contributed by atoms with Gasteiger partial charge in [0.1, 0.15) is 0 Å². The third-order valence-electron chi connectivity index (χ3n) is 3.50. The second-order valence-corrected chi connectivity index (χ2v) is 6.63. The average Bonchev–Trinajstić information content (AvgIpc) is 2.38. The molecule has 0 saturated heterocycles. The van der Waals surface area contributed by atoms with Crippen LogP contribution >= 0.6 is 0 Å². The van der Waals surface area contributed by atoms with Gasteiger partial charge in [0.2, 0.25) is 5.91 Å². The summed E-state index contributed by atoms with van der Waals surface area (Å²) in [5.41, 5.74) is 7.88. The molecule has 0 bridgehead atoms. The Morgan fingerprint density at radius 3 is 2.71 bits per heavy atom. The van der Waals surface area contributed by atoms with E-state index in [0.29, 0.717) is 13.0 Å². The summed E-state index contributed by atoms with van der Waals surface area (Å²) in [6.07, 6.45) is 1.40. The molecule has 21 heavy (non-hydrogen) atoms. The van der Waals surface area contributed by atoms with Crippen molar-refractivity contribution in [3.05, 3.63) is 29.8 Å². The van der Waals surface area contributed by atoms with Crippen LogP contribution in [0.5, 0.6) is 0 Å². The minimum atomic E-state index is 0.0760. The highest BCUT2D eigenvalue weighted by Gasteiger charge is 2.17. The zero-order valence-corrected chi connectivity index (χ0v) is 13.8. The molecule has 118 valence electrons. The first-order chi connectivity index (χ1) is 9.82. The topological polar surface area (TPSA) is 58.4 Å². The fourth-order valence-corrected chi connectivity index (χ4v) is 2.33. The van der Waals surface area contributed by atoms with Gasteiger partial charge in [-0.05, 0) is 56.6 Å². The maximum absolute atomic E-state index is 11.9. The number of hydrogen-bond acceptors (Lipinski definition) is 3. The number of nitrogens with zero attached hydrogens (tertiary/aromatic N) is 1. The van der Waals surface area contributed by atoms with Crippen LogP contribution in [0.25, 0.3) is 0 Å². The van der Waals surface area contributed by atoms with Gasteiger partial charge in [-0.1, -0.05) is 26.0 Å². The quantitative estimate of drug-likeness (QED) is 0.774. The summed E-state index contributed by atoms with van der Waals surface area (Å²) in [6.45, 7) is 8.87. The van der Waals surface area contributed by atoms with Gasteiger partial charge < -0.3 is 16.0 Å². The zero-order chi connectivity index (χ0) is 15.9. The summed E-state index contributed by atoms with van der Waals surface area (Å²) in [5, 5.41) is 2.94. The number of nitrogens with one attached hydrogen (secondary N) is 1. The van der Waals surface area contributed by atoms with E-state index in [1.807, 2.05) is 31.2 Å². The second-order valence-electron chi connectivity index (χ2n) is 6.63. The van der Waals surface area contributed by atoms with E-state index in [0.717, 1.165) is 30.8 Å². The van der Waals surface area contributed by atoms with Crippen molar-refractivity contribution in [2.75, 3.05) is 32.0 Å². The van der Waals surface area contributed by atoms with Crippen molar-refractivity contribution in [1.29, 1.82) is 0 Å². The van der Waals surface area contributed by atoms with Crippen LogP contribution in [0.2, 0.25) is 0 Å². The lowest BCUT2D eigenvalue weighted by molar-refractivity contribution is -0.116. The molecule has 0 unspecified atom stereocenters. The van der Waals surface area contributed by atoms with Gasteiger partial charge in [-0.15, -0.1) is 0 Å². The smallest absolute Gasteiger partial charge is 0.224 e. The van der Waals surface area contributed by atoms with Gasteiger partial charge in [0.15, 0.2) is 0 Å². The molecule has 0 fully saturated rings. The van der Waals surface area contributed by atoms with Gasteiger partial charge in [-0.3, -0.25) is 4.79 Å². The van der Waals surface area contributed by atoms with Crippen LogP contribution in [0.3, 0.4) is 0 Å². The van der Waals surface area contributed by atoms with Crippen LogP contribution in [0.15, 0.2) is 24.3 Å². The van der Waals surface area contributed by atoms with Crippen molar-refractivity contribution in [2.24, 2.45) is 11.1 Å². The molecule has 0 aliphatic heterocycles. The fourth-order valence-electron chi connectivity index (χ4n) is 2.33. The molecule has 0 aliphatic rings. The predicted octanol–water partition coefficient (Wildman–Crippen LogP) is 2.63. The van der Waals surface area contributed by atoms with Crippen LogP contribution in [0.1, 0.15) is 32.3 Å². The van der Waals surface area contributed by atoms with E-state index in [4.69, 9.17) is 5.73 Å². The molecule has 0 aliphatic carbocycles. The number of hydrogen-bond donors (Lipinski definition) is 2. The number of nitrogens with two attached hydrogens (primary N) is 1. The molecule has 0 aromatic heterocycles. The van der Waals surface area contributed by atoms with Gasteiger partial charge in [-0.2, -0.15) is 0 Å². The Morgan fingerprint density at radius 1 is 1.38 bits per heavy atom. The number of benzene rings is 1. The minimum Gasteiger partial charge on any atom is -0.330 e. The third kappa shape index (κ3) is 7.25. The first-order valence-corrected chi connectivity index (χ1v) is 7.57. The van der Waals surface area contributed by atoms with Gasteiger partial charge in [0.05, 0.1) is 0 Å². The van der Waals surface area contributed by atoms with Gasteiger partial charge in [-0.25, -0.2) is 0 Å². The number of amides is 1. The molecule has 4 nitrogen and oxygen atoms in total. The number of carbonyl (C=O) groups is 1. The molecule has 0 saturated carbocycles. The SMILES string of the molecule is Cc1cccc(NC(=O)CCCN(C)CC(C)(C)CN)c1. The van der Waals surface area contributed by atoms with Crippen molar-refractivity contribution in [3.8, 4) is 0 Å². The monoisotopic (exact) mass is 291 g/mol. The molecule has 1 amide bonds.